The Balaban J connectivity index is 1.94. The Kier molecular flexibility index (Phi) is 5.66. The van der Waals surface area contributed by atoms with Crippen LogP contribution in [0.2, 0.25) is 0 Å². The largest absolute Gasteiger partial charge is 0.389 e. The van der Waals surface area contributed by atoms with Crippen LogP contribution in [0.15, 0.2) is 22.7 Å². The van der Waals surface area contributed by atoms with E-state index in [4.69, 9.17) is 18.0 Å². The fourth-order valence-corrected chi connectivity index (χ4v) is 4.95. The minimum absolute atomic E-state index is 0.432. The summed E-state index contributed by atoms with van der Waals surface area (Å²) in [6.45, 7) is 1.00. The van der Waals surface area contributed by atoms with Gasteiger partial charge in [0, 0.05) is 44.8 Å². The van der Waals surface area contributed by atoms with Crippen LogP contribution in [0.3, 0.4) is 0 Å². The molecule has 1 aliphatic heterocycles. The fourth-order valence-electron chi connectivity index (χ4n) is 1.69. The number of anilines is 1. The summed E-state index contributed by atoms with van der Waals surface area (Å²) in [4.78, 5) is 0.432. The van der Waals surface area contributed by atoms with E-state index in [1.54, 1.807) is 0 Å². The first-order valence-corrected chi connectivity index (χ1v) is 9.10. The summed E-state index contributed by atoms with van der Waals surface area (Å²) >= 11 is 12.6. The maximum Gasteiger partial charge on any atom is 0.104 e. The quantitative estimate of drug-likeness (QED) is 0.803. The standard InChI is InChI=1S/C12H15BrN2S3/c13-10-5-8(12(14)16)1-2-11(10)15-6-9-7-17-3-4-18-9/h1-2,5,9,15H,3-4,6-7H2,(H2,14,16). The summed E-state index contributed by atoms with van der Waals surface area (Å²) in [7, 11) is 0. The lowest BCUT2D eigenvalue weighted by Gasteiger charge is -2.22. The molecule has 18 heavy (non-hydrogen) atoms. The van der Waals surface area contributed by atoms with E-state index in [1.165, 1.54) is 17.3 Å². The fraction of sp³-hybridized carbons (Fsp3) is 0.417. The Morgan fingerprint density at radius 3 is 2.94 bits per heavy atom. The Labute approximate surface area is 130 Å². The van der Waals surface area contributed by atoms with E-state index < -0.39 is 0 Å². The first kappa shape index (κ1) is 14.5. The molecule has 1 atom stereocenters. The highest BCUT2D eigenvalue weighted by molar-refractivity contribution is 9.10. The van der Waals surface area contributed by atoms with Gasteiger partial charge in [0.05, 0.1) is 0 Å². The molecule has 2 nitrogen and oxygen atoms in total. The predicted molar refractivity (Wildman–Crippen MR) is 92.1 cm³/mol. The van der Waals surface area contributed by atoms with Crippen molar-refractivity contribution in [2.75, 3.05) is 29.1 Å². The lowest BCUT2D eigenvalue weighted by atomic mass is 10.2. The van der Waals surface area contributed by atoms with Crippen LogP contribution >= 0.6 is 51.7 Å². The highest BCUT2D eigenvalue weighted by Gasteiger charge is 2.14. The van der Waals surface area contributed by atoms with Gasteiger partial charge in [-0.05, 0) is 34.1 Å². The number of hydrogen-bond acceptors (Lipinski definition) is 4. The van der Waals surface area contributed by atoms with Crippen molar-refractivity contribution in [1.82, 2.24) is 0 Å². The number of nitrogens with one attached hydrogen (secondary N) is 1. The molecule has 0 aromatic heterocycles. The van der Waals surface area contributed by atoms with Gasteiger partial charge in [-0.15, -0.1) is 0 Å². The number of thioether (sulfide) groups is 2. The molecule has 1 fully saturated rings. The zero-order chi connectivity index (χ0) is 13.0. The van der Waals surface area contributed by atoms with Crippen molar-refractivity contribution in [1.29, 1.82) is 0 Å². The second-order valence-electron chi connectivity index (χ2n) is 4.01. The van der Waals surface area contributed by atoms with Gasteiger partial charge in [-0.3, -0.25) is 0 Å². The summed E-state index contributed by atoms with van der Waals surface area (Å²) in [5, 5.41) is 4.18. The molecule has 0 amide bonds. The normalized spacial score (nSPS) is 19.5. The van der Waals surface area contributed by atoms with Gasteiger partial charge in [0.1, 0.15) is 4.99 Å². The van der Waals surface area contributed by atoms with Crippen LogP contribution in [0.4, 0.5) is 5.69 Å². The van der Waals surface area contributed by atoms with E-state index in [-0.39, 0.29) is 0 Å². The van der Waals surface area contributed by atoms with Crippen LogP contribution in [-0.4, -0.2) is 34.0 Å². The highest BCUT2D eigenvalue weighted by atomic mass is 79.9. The smallest absolute Gasteiger partial charge is 0.104 e. The second-order valence-corrected chi connectivity index (χ2v) is 7.86. The minimum atomic E-state index is 0.432. The average molecular weight is 363 g/mol. The van der Waals surface area contributed by atoms with Crippen molar-refractivity contribution in [2.45, 2.75) is 5.25 Å². The lowest BCUT2D eigenvalue weighted by Crippen LogP contribution is -2.23. The van der Waals surface area contributed by atoms with Gasteiger partial charge in [-0.2, -0.15) is 23.5 Å². The van der Waals surface area contributed by atoms with Gasteiger partial charge in [0.25, 0.3) is 0 Å². The summed E-state index contributed by atoms with van der Waals surface area (Å²) in [5.41, 5.74) is 7.60. The third kappa shape index (κ3) is 4.05. The SMILES string of the molecule is NC(=S)c1ccc(NCC2CSCCS2)c(Br)c1. The number of rotatable bonds is 4. The van der Waals surface area contributed by atoms with E-state index in [2.05, 4.69) is 33.0 Å². The monoisotopic (exact) mass is 362 g/mol. The van der Waals surface area contributed by atoms with Crippen LogP contribution in [-0.2, 0) is 0 Å². The third-order valence-electron chi connectivity index (χ3n) is 2.66. The number of benzene rings is 1. The lowest BCUT2D eigenvalue weighted by molar-refractivity contribution is 1.00. The summed E-state index contributed by atoms with van der Waals surface area (Å²) in [6, 6.07) is 5.95. The topological polar surface area (TPSA) is 38.0 Å². The molecule has 1 heterocycles. The molecule has 0 bridgehead atoms. The average Bonchev–Trinajstić information content (AvgIpc) is 2.38. The predicted octanol–water partition coefficient (Wildman–Crippen LogP) is 3.34. The van der Waals surface area contributed by atoms with Gasteiger partial charge >= 0.3 is 0 Å². The molecule has 1 aromatic carbocycles. The molecule has 1 aromatic rings. The van der Waals surface area contributed by atoms with Crippen molar-refractivity contribution >= 4 is 62.3 Å². The molecule has 6 heteroatoms. The molecule has 3 N–H and O–H groups in total. The van der Waals surface area contributed by atoms with Crippen molar-refractivity contribution in [3.63, 3.8) is 0 Å². The van der Waals surface area contributed by atoms with Crippen molar-refractivity contribution in [3.8, 4) is 0 Å². The Morgan fingerprint density at radius 1 is 1.50 bits per heavy atom. The highest BCUT2D eigenvalue weighted by Crippen LogP contribution is 2.27. The third-order valence-corrected chi connectivity index (χ3v) is 6.40. The first-order valence-electron chi connectivity index (χ1n) is 5.69. The summed E-state index contributed by atoms with van der Waals surface area (Å²) < 4.78 is 1.02. The minimum Gasteiger partial charge on any atom is -0.389 e. The molecule has 0 radical (unpaired) electrons. The van der Waals surface area contributed by atoms with Gasteiger partial charge in [0.2, 0.25) is 0 Å². The van der Waals surface area contributed by atoms with Crippen LogP contribution in [0, 0.1) is 0 Å². The molecular weight excluding hydrogens is 348 g/mol. The molecule has 1 unspecified atom stereocenters. The molecule has 1 saturated heterocycles. The number of nitrogens with two attached hydrogens (primary N) is 1. The summed E-state index contributed by atoms with van der Waals surface area (Å²) in [6.07, 6.45) is 0. The molecule has 0 aliphatic carbocycles. The van der Waals surface area contributed by atoms with Crippen LogP contribution in [0.5, 0.6) is 0 Å². The van der Waals surface area contributed by atoms with E-state index in [1.807, 2.05) is 30.0 Å². The van der Waals surface area contributed by atoms with Gasteiger partial charge in [0.15, 0.2) is 0 Å². The molecule has 1 aliphatic rings. The summed E-state index contributed by atoms with van der Waals surface area (Å²) in [5.74, 6) is 3.78. The molecule has 0 spiro atoms. The second kappa shape index (κ2) is 7.03. The zero-order valence-electron chi connectivity index (χ0n) is 9.82. The van der Waals surface area contributed by atoms with Crippen molar-refractivity contribution < 1.29 is 0 Å². The molecule has 0 saturated carbocycles. The maximum absolute atomic E-state index is 5.61. The molecular formula is C12H15BrN2S3. The van der Waals surface area contributed by atoms with E-state index in [9.17, 15) is 0 Å². The van der Waals surface area contributed by atoms with Crippen molar-refractivity contribution in [3.05, 3.63) is 28.2 Å². The van der Waals surface area contributed by atoms with Gasteiger partial charge in [-0.1, -0.05) is 12.2 Å². The number of halogens is 1. The maximum atomic E-state index is 5.61. The van der Waals surface area contributed by atoms with E-state index >= 15 is 0 Å². The van der Waals surface area contributed by atoms with Gasteiger partial charge in [-0.25, -0.2) is 0 Å². The van der Waals surface area contributed by atoms with E-state index in [0.717, 1.165) is 22.3 Å². The Hall–Kier alpha value is 0.0900. The van der Waals surface area contributed by atoms with Crippen molar-refractivity contribution in [2.24, 2.45) is 5.73 Å². The van der Waals surface area contributed by atoms with Crippen LogP contribution in [0.1, 0.15) is 5.56 Å². The van der Waals surface area contributed by atoms with E-state index in [0.29, 0.717) is 10.2 Å². The van der Waals surface area contributed by atoms with Crippen LogP contribution < -0.4 is 11.1 Å². The number of thiocarbonyl (C=S) groups is 1. The Bertz CT molecular complexity index is 433. The Morgan fingerprint density at radius 2 is 2.33 bits per heavy atom. The van der Waals surface area contributed by atoms with Crippen LogP contribution in [0.25, 0.3) is 0 Å². The van der Waals surface area contributed by atoms with Gasteiger partial charge < -0.3 is 11.1 Å². The molecule has 2 rings (SSSR count). The zero-order valence-corrected chi connectivity index (χ0v) is 13.9. The molecule has 98 valence electrons. The first-order chi connectivity index (χ1) is 8.66. The number of hydrogen-bond donors (Lipinski definition) is 2.